The van der Waals surface area contributed by atoms with Crippen LogP contribution < -0.4 is 11.1 Å². The molecular weight excluding hydrogens is 404 g/mol. The zero-order chi connectivity index (χ0) is 20.8. The molecule has 1 unspecified atom stereocenters. The van der Waals surface area contributed by atoms with Crippen molar-refractivity contribution < 1.29 is 18.0 Å². The molecule has 0 radical (unpaired) electrons. The molecule has 0 heterocycles. The molecule has 1 aromatic rings. The molecule has 0 saturated heterocycles. The van der Waals surface area contributed by atoms with Gasteiger partial charge in [0, 0.05) is 39.3 Å². The summed E-state index contributed by atoms with van der Waals surface area (Å²) in [6.07, 6.45) is 0.654. The number of carbonyl (C=O) groups is 2. The molecule has 1 aromatic carbocycles. The van der Waals surface area contributed by atoms with Crippen LogP contribution in [-0.2, 0) is 19.6 Å². The van der Waals surface area contributed by atoms with Gasteiger partial charge >= 0.3 is 0 Å². The van der Waals surface area contributed by atoms with Crippen molar-refractivity contribution in [3.8, 4) is 0 Å². The molecule has 1 atom stereocenters. The SMILES string of the molecule is CC(=O)Nc1ccc(S(=O)(=O)N(C)CC(=O)N(C)CCC(N)C(C)C)cc1.Cl. The van der Waals surface area contributed by atoms with Crippen molar-refractivity contribution in [3.05, 3.63) is 24.3 Å². The number of hydrogen-bond donors (Lipinski definition) is 2. The second kappa shape index (κ2) is 11.4. The summed E-state index contributed by atoms with van der Waals surface area (Å²) < 4.78 is 26.3. The zero-order valence-electron chi connectivity index (χ0n) is 17.0. The Hall–Kier alpha value is -1.68. The number of nitrogens with two attached hydrogens (primary N) is 1. The Kier molecular flexibility index (Phi) is 10.7. The summed E-state index contributed by atoms with van der Waals surface area (Å²) in [6, 6.07) is 5.79. The van der Waals surface area contributed by atoms with E-state index in [0.717, 1.165) is 4.31 Å². The summed E-state index contributed by atoms with van der Waals surface area (Å²) in [5.74, 6) is -0.225. The molecule has 28 heavy (non-hydrogen) atoms. The standard InChI is InChI=1S/C18H30N4O4S.ClH/c1-13(2)17(19)10-11-21(4)18(24)12-22(5)27(25,26)16-8-6-15(7-9-16)20-14(3)23;/h6-9,13,17H,10-12,19H2,1-5H3,(H,20,23);1H. The van der Waals surface area contributed by atoms with E-state index in [2.05, 4.69) is 5.32 Å². The summed E-state index contributed by atoms with van der Waals surface area (Å²) >= 11 is 0. The van der Waals surface area contributed by atoms with Crippen LogP contribution in [0.4, 0.5) is 5.69 Å². The largest absolute Gasteiger partial charge is 0.345 e. The van der Waals surface area contributed by atoms with E-state index >= 15 is 0 Å². The highest BCUT2D eigenvalue weighted by molar-refractivity contribution is 7.89. The van der Waals surface area contributed by atoms with Gasteiger partial charge < -0.3 is 16.0 Å². The van der Waals surface area contributed by atoms with E-state index in [4.69, 9.17) is 5.73 Å². The number of carbonyl (C=O) groups excluding carboxylic acids is 2. The number of hydrogen-bond acceptors (Lipinski definition) is 5. The molecule has 0 aromatic heterocycles. The highest BCUT2D eigenvalue weighted by Crippen LogP contribution is 2.17. The summed E-state index contributed by atoms with van der Waals surface area (Å²) in [6.45, 7) is 5.61. The Balaban J connectivity index is 0.00000729. The van der Waals surface area contributed by atoms with Crippen LogP contribution in [-0.4, -0.2) is 62.7 Å². The van der Waals surface area contributed by atoms with Gasteiger partial charge in [0.25, 0.3) is 0 Å². The number of amides is 2. The number of rotatable bonds is 9. The molecule has 0 aliphatic carbocycles. The summed E-state index contributed by atoms with van der Waals surface area (Å²) in [7, 11) is -0.808. The minimum atomic E-state index is -3.81. The van der Waals surface area contributed by atoms with Crippen LogP contribution in [0.5, 0.6) is 0 Å². The fraction of sp³-hybridized carbons (Fsp3) is 0.556. The van der Waals surface area contributed by atoms with Crippen LogP contribution >= 0.6 is 12.4 Å². The minimum Gasteiger partial charge on any atom is -0.345 e. The molecule has 0 saturated carbocycles. The fourth-order valence-corrected chi connectivity index (χ4v) is 3.41. The van der Waals surface area contributed by atoms with Crippen molar-refractivity contribution in [2.24, 2.45) is 11.7 Å². The van der Waals surface area contributed by atoms with E-state index in [9.17, 15) is 18.0 Å². The molecule has 1 rings (SSSR count). The van der Waals surface area contributed by atoms with Crippen molar-refractivity contribution in [1.29, 1.82) is 0 Å². The fourth-order valence-electron chi connectivity index (χ4n) is 2.29. The third-order valence-electron chi connectivity index (χ3n) is 4.32. The number of halogens is 1. The number of nitrogens with one attached hydrogen (secondary N) is 1. The van der Waals surface area contributed by atoms with Crippen LogP contribution in [0.15, 0.2) is 29.2 Å². The maximum atomic E-state index is 12.6. The third-order valence-corrected chi connectivity index (χ3v) is 6.14. The highest BCUT2D eigenvalue weighted by Gasteiger charge is 2.24. The van der Waals surface area contributed by atoms with Crippen molar-refractivity contribution in [3.63, 3.8) is 0 Å². The Bertz CT molecular complexity index is 753. The lowest BCUT2D eigenvalue weighted by Crippen LogP contribution is -2.41. The lowest BCUT2D eigenvalue weighted by atomic mass is 10.0. The van der Waals surface area contributed by atoms with Crippen LogP contribution in [0, 0.1) is 5.92 Å². The number of anilines is 1. The average molecular weight is 435 g/mol. The first-order valence-corrected chi connectivity index (χ1v) is 10.2. The molecule has 8 nitrogen and oxygen atoms in total. The van der Waals surface area contributed by atoms with Gasteiger partial charge in [-0.3, -0.25) is 9.59 Å². The molecule has 0 bridgehead atoms. The van der Waals surface area contributed by atoms with Crippen molar-refractivity contribution in [2.75, 3.05) is 32.5 Å². The lowest BCUT2D eigenvalue weighted by Gasteiger charge is -2.24. The molecule has 3 N–H and O–H groups in total. The predicted molar refractivity (Wildman–Crippen MR) is 113 cm³/mol. The minimum absolute atomic E-state index is 0. The Labute approximate surface area is 173 Å². The molecule has 0 aliphatic heterocycles. The first kappa shape index (κ1) is 26.3. The zero-order valence-corrected chi connectivity index (χ0v) is 18.6. The Morgan fingerprint density at radius 2 is 1.68 bits per heavy atom. The first-order valence-electron chi connectivity index (χ1n) is 8.78. The van der Waals surface area contributed by atoms with Gasteiger partial charge in [-0.25, -0.2) is 8.42 Å². The lowest BCUT2D eigenvalue weighted by molar-refractivity contribution is -0.130. The summed E-state index contributed by atoms with van der Waals surface area (Å²) in [5.41, 5.74) is 6.48. The maximum absolute atomic E-state index is 12.6. The van der Waals surface area contributed by atoms with E-state index in [1.165, 1.54) is 43.1 Å². The number of sulfonamides is 1. The highest BCUT2D eigenvalue weighted by atomic mass is 35.5. The van der Waals surface area contributed by atoms with Gasteiger partial charge in [-0.05, 0) is 36.6 Å². The number of nitrogens with zero attached hydrogens (tertiary/aromatic N) is 2. The van der Waals surface area contributed by atoms with Crippen molar-refractivity contribution in [2.45, 2.75) is 38.1 Å². The first-order chi connectivity index (χ1) is 12.4. The predicted octanol–water partition coefficient (Wildman–Crippen LogP) is 1.52. The van der Waals surface area contributed by atoms with Crippen LogP contribution in [0.1, 0.15) is 27.2 Å². The van der Waals surface area contributed by atoms with E-state index in [1.807, 2.05) is 13.8 Å². The second-order valence-corrected chi connectivity index (χ2v) is 9.02. The normalized spacial score (nSPS) is 12.4. The van der Waals surface area contributed by atoms with Gasteiger partial charge in [-0.1, -0.05) is 13.8 Å². The van der Waals surface area contributed by atoms with Crippen LogP contribution in [0.25, 0.3) is 0 Å². The molecule has 0 aliphatic rings. The quantitative estimate of drug-likeness (QED) is 0.611. The van der Waals surface area contributed by atoms with Gasteiger partial charge in [0.1, 0.15) is 0 Å². The Morgan fingerprint density at radius 1 is 1.14 bits per heavy atom. The number of benzene rings is 1. The van der Waals surface area contributed by atoms with E-state index in [0.29, 0.717) is 24.6 Å². The average Bonchev–Trinajstić information content (AvgIpc) is 2.58. The summed E-state index contributed by atoms with van der Waals surface area (Å²) in [4.78, 5) is 24.9. The molecule has 10 heteroatoms. The number of likely N-dealkylation sites (N-methyl/N-ethyl adjacent to an activating group) is 2. The summed E-state index contributed by atoms with van der Waals surface area (Å²) in [5, 5.41) is 2.57. The van der Waals surface area contributed by atoms with E-state index < -0.39 is 10.0 Å². The second-order valence-electron chi connectivity index (χ2n) is 6.98. The van der Waals surface area contributed by atoms with E-state index in [-0.39, 0.29) is 41.7 Å². The van der Waals surface area contributed by atoms with E-state index in [1.54, 1.807) is 7.05 Å². The smallest absolute Gasteiger partial charge is 0.243 e. The van der Waals surface area contributed by atoms with Crippen molar-refractivity contribution in [1.82, 2.24) is 9.21 Å². The van der Waals surface area contributed by atoms with Crippen LogP contribution in [0.2, 0.25) is 0 Å². The molecular formula is C18H31ClN4O4S. The van der Waals surface area contributed by atoms with Gasteiger partial charge in [0.15, 0.2) is 0 Å². The molecule has 0 spiro atoms. The Morgan fingerprint density at radius 3 is 2.14 bits per heavy atom. The van der Waals surface area contributed by atoms with Gasteiger partial charge in [0.05, 0.1) is 11.4 Å². The van der Waals surface area contributed by atoms with Gasteiger partial charge in [0.2, 0.25) is 21.8 Å². The molecule has 2 amide bonds. The maximum Gasteiger partial charge on any atom is 0.243 e. The monoisotopic (exact) mass is 434 g/mol. The van der Waals surface area contributed by atoms with Gasteiger partial charge in [-0.2, -0.15) is 4.31 Å². The third kappa shape index (κ3) is 7.75. The molecule has 160 valence electrons. The van der Waals surface area contributed by atoms with Gasteiger partial charge in [-0.15, -0.1) is 12.4 Å². The molecule has 0 fully saturated rings. The van der Waals surface area contributed by atoms with Crippen LogP contribution in [0.3, 0.4) is 0 Å². The topological polar surface area (TPSA) is 113 Å². The van der Waals surface area contributed by atoms with Crippen molar-refractivity contribution >= 4 is 39.9 Å².